The minimum Gasteiger partial charge on any atom is -0.466 e. The molecule has 2 atom stereocenters. The van der Waals surface area contributed by atoms with E-state index in [1.807, 2.05) is 19.9 Å². The summed E-state index contributed by atoms with van der Waals surface area (Å²) in [6.45, 7) is 8.88. The molecule has 3 N–H and O–H groups in total. The summed E-state index contributed by atoms with van der Waals surface area (Å²) >= 11 is 0. The number of rotatable bonds is 8. The number of nitrogens with one attached hydrogen (secondary N) is 1. The van der Waals surface area contributed by atoms with Gasteiger partial charge < -0.3 is 15.8 Å². The van der Waals surface area contributed by atoms with Crippen LogP contribution in [0.5, 0.6) is 0 Å². The fourth-order valence-corrected chi connectivity index (χ4v) is 4.11. The number of carbonyl (C=O) groups is 1. The molecule has 1 aromatic carbocycles. The van der Waals surface area contributed by atoms with Crippen LogP contribution in [-0.2, 0) is 9.53 Å². The number of carbonyl (C=O) groups excluding carboxylic acids is 1. The fourth-order valence-electron chi connectivity index (χ4n) is 4.11. The molecule has 1 fully saturated rings. The maximum Gasteiger partial charge on any atom is 0.306 e. The normalized spacial score (nSPS) is 17.7. The molecule has 1 saturated carbocycles. The number of esters is 1. The molecule has 2 rings (SSSR count). The first kappa shape index (κ1) is 20.6. The van der Waals surface area contributed by atoms with Crippen molar-refractivity contribution < 1.29 is 9.53 Å². The number of nitrogen functional groups attached to an aromatic ring is 1. The molecular weight excluding hydrogens is 324 g/mol. The fraction of sp³-hybridized carbons (Fsp3) is 0.682. The average molecular weight is 361 g/mol. The zero-order chi connectivity index (χ0) is 19.1. The van der Waals surface area contributed by atoms with Crippen LogP contribution in [0.3, 0.4) is 0 Å². The highest BCUT2D eigenvalue weighted by Crippen LogP contribution is 2.33. The first-order valence-corrected chi connectivity index (χ1v) is 10.2. The van der Waals surface area contributed by atoms with Gasteiger partial charge in [-0.05, 0) is 55.2 Å². The third-order valence-electron chi connectivity index (χ3n) is 5.62. The Morgan fingerprint density at radius 2 is 1.92 bits per heavy atom. The van der Waals surface area contributed by atoms with Gasteiger partial charge in [-0.25, -0.2) is 0 Å². The summed E-state index contributed by atoms with van der Waals surface area (Å²) in [7, 11) is 0. The van der Waals surface area contributed by atoms with Crippen LogP contribution in [0.15, 0.2) is 18.2 Å². The molecule has 1 aromatic rings. The summed E-state index contributed by atoms with van der Waals surface area (Å²) in [6.07, 6.45) is 7.06. The van der Waals surface area contributed by atoms with Crippen LogP contribution in [0.1, 0.15) is 77.7 Å². The van der Waals surface area contributed by atoms with Crippen molar-refractivity contribution in [1.82, 2.24) is 0 Å². The van der Waals surface area contributed by atoms with Crippen LogP contribution in [0.2, 0.25) is 0 Å². The second-order valence-electron chi connectivity index (χ2n) is 8.07. The topological polar surface area (TPSA) is 64.3 Å². The Kier molecular flexibility index (Phi) is 7.80. The average Bonchev–Trinajstić information content (AvgIpc) is 2.61. The van der Waals surface area contributed by atoms with E-state index in [0.717, 1.165) is 22.9 Å². The summed E-state index contributed by atoms with van der Waals surface area (Å²) in [5, 5.41) is 3.73. The maximum absolute atomic E-state index is 11.7. The molecule has 0 saturated heterocycles. The van der Waals surface area contributed by atoms with E-state index < -0.39 is 0 Å². The summed E-state index contributed by atoms with van der Waals surface area (Å²) < 4.78 is 5.05. The van der Waals surface area contributed by atoms with E-state index in [1.54, 1.807) is 0 Å². The molecular formula is C22H36N2O2. The van der Waals surface area contributed by atoms with Gasteiger partial charge >= 0.3 is 5.97 Å². The van der Waals surface area contributed by atoms with Crippen molar-refractivity contribution in [1.29, 1.82) is 0 Å². The van der Waals surface area contributed by atoms with Gasteiger partial charge in [0.25, 0.3) is 0 Å². The summed E-state index contributed by atoms with van der Waals surface area (Å²) in [5.74, 6) is 1.24. The number of hydrogen-bond acceptors (Lipinski definition) is 4. The standard InChI is InChI=1S/C22H36N2O2/c1-5-26-21(25)13-16(4)18-11-12-20(19(23)14-18)24-22(15(2)3)17-9-7-6-8-10-17/h11-12,14-17,22,24H,5-10,13,23H2,1-4H3/t16-,22-/m0/s1. The Morgan fingerprint density at radius 3 is 2.50 bits per heavy atom. The van der Waals surface area contributed by atoms with E-state index in [4.69, 9.17) is 10.5 Å². The van der Waals surface area contributed by atoms with Crippen LogP contribution in [0, 0.1) is 11.8 Å². The van der Waals surface area contributed by atoms with Gasteiger partial charge in [-0.2, -0.15) is 0 Å². The van der Waals surface area contributed by atoms with Crippen molar-refractivity contribution in [2.75, 3.05) is 17.7 Å². The van der Waals surface area contributed by atoms with Gasteiger partial charge in [0.2, 0.25) is 0 Å². The van der Waals surface area contributed by atoms with Crippen molar-refractivity contribution in [3.8, 4) is 0 Å². The van der Waals surface area contributed by atoms with E-state index in [1.165, 1.54) is 32.1 Å². The van der Waals surface area contributed by atoms with Crippen LogP contribution in [0.25, 0.3) is 0 Å². The molecule has 146 valence electrons. The Morgan fingerprint density at radius 1 is 1.23 bits per heavy atom. The molecule has 4 heteroatoms. The van der Waals surface area contributed by atoms with Gasteiger partial charge in [-0.1, -0.05) is 46.1 Å². The monoisotopic (exact) mass is 360 g/mol. The van der Waals surface area contributed by atoms with Crippen molar-refractivity contribution in [2.24, 2.45) is 11.8 Å². The van der Waals surface area contributed by atoms with Gasteiger partial charge in [0, 0.05) is 6.04 Å². The number of nitrogens with two attached hydrogens (primary N) is 1. The molecule has 1 aliphatic carbocycles. The predicted octanol–water partition coefficient (Wildman–Crippen LogP) is 5.34. The molecule has 4 nitrogen and oxygen atoms in total. The molecule has 0 aliphatic heterocycles. The highest BCUT2D eigenvalue weighted by atomic mass is 16.5. The minimum atomic E-state index is -0.155. The number of benzene rings is 1. The van der Waals surface area contributed by atoms with Crippen molar-refractivity contribution in [2.45, 2.75) is 78.2 Å². The Hall–Kier alpha value is -1.71. The molecule has 0 unspecified atom stereocenters. The highest BCUT2D eigenvalue weighted by Gasteiger charge is 2.26. The van der Waals surface area contributed by atoms with Gasteiger partial charge in [-0.15, -0.1) is 0 Å². The van der Waals surface area contributed by atoms with Crippen molar-refractivity contribution >= 4 is 17.3 Å². The summed E-state index contributed by atoms with van der Waals surface area (Å²) in [5.41, 5.74) is 9.21. The highest BCUT2D eigenvalue weighted by molar-refractivity contribution is 5.71. The molecule has 0 spiro atoms. The van der Waals surface area contributed by atoms with Gasteiger partial charge in [0.1, 0.15) is 0 Å². The zero-order valence-electron chi connectivity index (χ0n) is 16.9. The lowest BCUT2D eigenvalue weighted by atomic mass is 9.79. The number of anilines is 2. The number of ether oxygens (including phenoxy) is 1. The van der Waals surface area contributed by atoms with E-state index in [-0.39, 0.29) is 11.9 Å². The SMILES string of the molecule is CCOC(=O)C[C@H](C)c1ccc(N[C@@H](C(C)C)C2CCCCC2)c(N)c1. The van der Waals surface area contributed by atoms with Crippen LogP contribution in [0.4, 0.5) is 11.4 Å². The first-order chi connectivity index (χ1) is 12.4. The second-order valence-corrected chi connectivity index (χ2v) is 8.07. The third-order valence-corrected chi connectivity index (χ3v) is 5.62. The lowest BCUT2D eigenvalue weighted by molar-refractivity contribution is -0.143. The van der Waals surface area contributed by atoms with Gasteiger partial charge in [-0.3, -0.25) is 4.79 Å². The quantitative estimate of drug-likeness (QED) is 0.485. The molecule has 26 heavy (non-hydrogen) atoms. The zero-order valence-corrected chi connectivity index (χ0v) is 16.9. The molecule has 1 aliphatic rings. The Labute approximate surface area is 158 Å². The van der Waals surface area contributed by atoms with Gasteiger partial charge in [0.05, 0.1) is 24.4 Å². The first-order valence-electron chi connectivity index (χ1n) is 10.2. The number of hydrogen-bond donors (Lipinski definition) is 2. The van der Waals surface area contributed by atoms with Crippen LogP contribution >= 0.6 is 0 Å². The molecule has 0 bridgehead atoms. The molecule has 0 heterocycles. The largest absolute Gasteiger partial charge is 0.466 e. The van der Waals surface area contributed by atoms with Crippen LogP contribution in [-0.4, -0.2) is 18.6 Å². The molecule has 0 amide bonds. The van der Waals surface area contributed by atoms with E-state index >= 15 is 0 Å². The predicted molar refractivity (Wildman–Crippen MR) is 109 cm³/mol. The molecule has 0 radical (unpaired) electrons. The lowest BCUT2D eigenvalue weighted by Gasteiger charge is -2.34. The second kappa shape index (κ2) is 9.84. The maximum atomic E-state index is 11.7. The van der Waals surface area contributed by atoms with Crippen molar-refractivity contribution in [3.63, 3.8) is 0 Å². The molecule has 0 aromatic heterocycles. The van der Waals surface area contributed by atoms with E-state index in [2.05, 4.69) is 31.3 Å². The lowest BCUT2D eigenvalue weighted by Crippen LogP contribution is -2.35. The van der Waals surface area contributed by atoms with Crippen molar-refractivity contribution in [3.05, 3.63) is 23.8 Å². The minimum absolute atomic E-state index is 0.102. The van der Waals surface area contributed by atoms with Gasteiger partial charge in [0.15, 0.2) is 0 Å². The Balaban J connectivity index is 2.06. The van der Waals surface area contributed by atoms with E-state index in [0.29, 0.717) is 25.0 Å². The van der Waals surface area contributed by atoms with E-state index in [9.17, 15) is 4.79 Å². The summed E-state index contributed by atoms with van der Waals surface area (Å²) in [4.78, 5) is 11.7. The third kappa shape index (κ3) is 5.65. The van der Waals surface area contributed by atoms with Crippen LogP contribution < -0.4 is 11.1 Å². The smallest absolute Gasteiger partial charge is 0.306 e. The Bertz CT molecular complexity index is 580. The summed E-state index contributed by atoms with van der Waals surface area (Å²) in [6, 6.07) is 6.62.